The Labute approximate surface area is 161 Å². The average molecular weight is 377 g/mol. The van der Waals surface area contributed by atoms with Crippen molar-refractivity contribution in [2.24, 2.45) is 5.92 Å². The number of aryl methyl sites for hydroxylation is 2. The number of aromatic nitrogens is 2. The molecule has 0 fully saturated rings. The summed E-state index contributed by atoms with van der Waals surface area (Å²) in [5.41, 5.74) is 1.95. The molecule has 0 spiro atoms. The summed E-state index contributed by atoms with van der Waals surface area (Å²) in [6.45, 7) is 17.2. The molecule has 0 N–H and O–H groups in total. The van der Waals surface area contributed by atoms with Gasteiger partial charge in [-0.15, -0.1) is 11.3 Å². The van der Waals surface area contributed by atoms with E-state index in [1.54, 1.807) is 17.4 Å². The number of thiazole rings is 1. The molecular formula is C20H32N4OS. The van der Waals surface area contributed by atoms with Crippen molar-refractivity contribution >= 4 is 28.3 Å². The van der Waals surface area contributed by atoms with Crippen LogP contribution in [0.5, 0.6) is 0 Å². The second kappa shape index (κ2) is 9.33. The summed E-state index contributed by atoms with van der Waals surface area (Å²) in [6, 6.07) is 0. The number of hydrogen-bond acceptors (Lipinski definition) is 4. The Bertz CT molecular complexity index is 755. The minimum absolute atomic E-state index is 0.0761. The van der Waals surface area contributed by atoms with E-state index in [1.807, 2.05) is 17.9 Å². The summed E-state index contributed by atoms with van der Waals surface area (Å²) in [5.74, 6) is 0.527. The zero-order valence-corrected chi connectivity index (χ0v) is 17.8. The Morgan fingerprint density at radius 3 is 2.58 bits per heavy atom. The summed E-state index contributed by atoms with van der Waals surface area (Å²) < 4.78 is 2.07. The maximum absolute atomic E-state index is 12.8. The van der Waals surface area contributed by atoms with Crippen LogP contribution in [-0.2, 0) is 4.79 Å². The molecule has 0 saturated carbocycles. The van der Waals surface area contributed by atoms with Crippen LogP contribution in [0.3, 0.4) is 0 Å². The zero-order chi connectivity index (χ0) is 19.3. The van der Waals surface area contributed by atoms with Gasteiger partial charge in [0, 0.05) is 36.8 Å². The highest BCUT2D eigenvalue weighted by Crippen LogP contribution is 2.21. The van der Waals surface area contributed by atoms with E-state index in [9.17, 15) is 4.79 Å². The van der Waals surface area contributed by atoms with Gasteiger partial charge in [0.2, 0.25) is 5.91 Å². The number of amides is 1. The van der Waals surface area contributed by atoms with Gasteiger partial charge in [0.25, 0.3) is 0 Å². The topological polar surface area (TPSA) is 40.8 Å². The van der Waals surface area contributed by atoms with E-state index < -0.39 is 0 Å². The van der Waals surface area contributed by atoms with Gasteiger partial charge in [-0.25, -0.2) is 4.98 Å². The molecule has 144 valence electrons. The summed E-state index contributed by atoms with van der Waals surface area (Å²) in [7, 11) is 0. The van der Waals surface area contributed by atoms with E-state index in [1.165, 1.54) is 4.88 Å². The molecular weight excluding hydrogens is 344 g/mol. The van der Waals surface area contributed by atoms with Crippen LogP contribution in [0.2, 0.25) is 0 Å². The van der Waals surface area contributed by atoms with Crippen LogP contribution in [0.1, 0.15) is 44.0 Å². The van der Waals surface area contributed by atoms with Gasteiger partial charge in [-0.1, -0.05) is 27.7 Å². The van der Waals surface area contributed by atoms with Crippen LogP contribution in [0, 0.1) is 19.8 Å². The molecule has 0 aliphatic rings. The summed E-state index contributed by atoms with van der Waals surface area (Å²) in [6.07, 6.45) is 5.69. The van der Waals surface area contributed by atoms with Crippen molar-refractivity contribution in [1.82, 2.24) is 19.2 Å². The predicted molar refractivity (Wildman–Crippen MR) is 111 cm³/mol. The molecule has 0 bridgehead atoms. The fourth-order valence-corrected chi connectivity index (χ4v) is 3.95. The lowest BCUT2D eigenvalue weighted by molar-refractivity contribution is -0.126. The van der Waals surface area contributed by atoms with Crippen molar-refractivity contribution in [3.63, 3.8) is 0 Å². The average Bonchev–Trinajstić information content (AvgIpc) is 3.07. The second-order valence-electron chi connectivity index (χ2n) is 7.12. The van der Waals surface area contributed by atoms with Crippen LogP contribution >= 0.6 is 11.3 Å². The highest BCUT2D eigenvalue weighted by Gasteiger charge is 2.15. The number of imidazole rings is 1. The van der Waals surface area contributed by atoms with E-state index >= 15 is 0 Å². The third-order valence-electron chi connectivity index (χ3n) is 4.52. The largest absolute Gasteiger partial charge is 0.338 e. The molecule has 0 unspecified atom stereocenters. The van der Waals surface area contributed by atoms with Gasteiger partial charge in [-0.2, -0.15) is 0 Å². The molecule has 0 saturated heterocycles. The maximum atomic E-state index is 12.8. The molecule has 6 heteroatoms. The van der Waals surface area contributed by atoms with Gasteiger partial charge < -0.3 is 9.80 Å². The Hall–Kier alpha value is -1.66. The van der Waals surface area contributed by atoms with Gasteiger partial charge in [-0.05, 0) is 38.9 Å². The van der Waals surface area contributed by atoms with Gasteiger partial charge in [0.15, 0.2) is 4.96 Å². The molecule has 0 aliphatic heterocycles. The van der Waals surface area contributed by atoms with E-state index in [0.717, 1.165) is 49.1 Å². The second-order valence-corrected chi connectivity index (χ2v) is 8.33. The van der Waals surface area contributed by atoms with Crippen molar-refractivity contribution in [3.05, 3.63) is 28.5 Å². The molecule has 0 aliphatic carbocycles. The predicted octanol–water partition coefficient (Wildman–Crippen LogP) is 3.85. The fourth-order valence-electron chi connectivity index (χ4n) is 3.07. The van der Waals surface area contributed by atoms with Gasteiger partial charge >= 0.3 is 0 Å². The van der Waals surface area contributed by atoms with Crippen LogP contribution in [-0.4, -0.2) is 57.8 Å². The highest BCUT2D eigenvalue weighted by molar-refractivity contribution is 7.17. The van der Waals surface area contributed by atoms with Crippen molar-refractivity contribution < 1.29 is 4.79 Å². The number of likely N-dealkylation sites (N-methyl/N-ethyl adjacent to an activating group) is 1. The molecule has 2 rings (SSSR count). The Kier molecular flexibility index (Phi) is 7.41. The maximum Gasteiger partial charge on any atom is 0.246 e. The van der Waals surface area contributed by atoms with E-state index in [2.05, 4.69) is 55.1 Å². The number of fused-ring (bicyclic) bond motifs is 1. The smallest absolute Gasteiger partial charge is 0.246 e. The standard InChI is InChI=1S/C20H32N4OS/c1-7-22(8-2)11-12-23(13-15(3)4)19(25)10-9-18-17(6)21-20-24(18)14-16(5)26-20/h9-10,14-15H,7-8,11-13H2,1-6H3/b10-9-. The quantitative estimate of drug-likeness (QED) is 0.624. The number of nitrogens with zero attached hydrogens (tertiary/aromatic N) is 4. The van der Waals surface area contributed by atoms with E-state index in [4.69, 9.17) is 0 Å². The Morgan fingerprint density at radius 1 is 1.27 bits per heavy atom. The third-order valence-corrected chi connectivity index (χ3v) is 5.42. The first-order valence-electron chi connectivity index (χ1n) is 9.50. The third kappa shape index (κ3) is 5.17. The van der Waals surface area contributed by atoms with Crippen LogP contribution in [0.4, 0.5) is 0 Å². The monoisotopic (exact) mass is 376 g/mol. The van der Waals surface area contributed by atoms with Gasteiger partial charge in [0.05, 0.1) is 11.4 Å². The lowest BCUT2D eigenvalue weighted by atomic mass is 10.2. The number of hydrogen-bond donors (Lipinski definition) is 0. The molecule has 1 amide bonds. The number of carbonyl (C=O) groups is 1. The van der Waals surface area contributed by atoms with Crippen molar-refractivity contribution in [1.29, 1.82) is 0 Å². The Morgan fingerprint density at radius 2 is 1.96 bits per heavy atom. The van der Waals surface area contributed by atoms with E-state index in [0.29, 0.717) is 5.92 Å². The van der Waals surface area contributed by atoms with Crippen molar-refractivity contribution in [2.45, 2.75) is 41.5 Å². The van der Waals surface area contributed by atoms with Crippen LogP contribution < -0.4 is 0 Å². The minimum Gasteiger partial charge on any atom is -0.338 e. The number of carbonyl (C=O) groups excluding carboxylic acids is 1. The number of rotatable bonds is 9. The molecule has 2 aromatic heterocycles. The zero-order valence-electron chi connectivity index (χ0n) is 17.0. The first-order valence-corrected chi connectivity index (χ1v) is 10.3. The highest BCUT2D eigenvalue weighted by atomic mass is 32.1. The Balaban J connectivity index is 2.13. The summed E-state index contributed by atoms with van der Waals surface area (Å²) in [5, 5.41) is 0. The van der Waals surface area contributed by atoms with Crippen LogP contribution in [0.15, 0.2) is 12.3 Å². The normalized spacial score (nSPS) is 12.2. The van der Waals surface area contributed by atoms with Crippen molar-refractivity contribution in [3.8, 4) is 0 Å². The van der Waals surface area contributed by atoms with Crippen LogP contribution in [0.25, 0.3) is 11.0 Å². The van der Waals surface area contributed by atoms with Gasteiger partial charge in [-0.3, -0.25) is 9.20 Å². The molecule has 26 heavy (non-hydrogen) atoms. The summed E-state index contributed by atoms with van der Waals surface area (Å²) >= 11 is 1.67. The molecule has 0 aromatic carbocycles. The molecule has 5 nitrogen and oxygen atoms in total. The van der Waals surface area contributed by atoms with E-state index in [-0.39, 0.29) is 5.91 Å². The first kappa shape index (κ1) is 20.6. The summed E-state index contributed by atoms with van der Waals surface area (Å²) in [4.78, 5) is 23.9. The van der Waals surface area contributed by atoms with Gasteiger partial charge in [0.1, 0.15) is 0 Å². The molecule has 2 heterocycles. The lowest BCUT2D eigenvalue weighted by Crippen LogP contribution is -2.39. The lowest BCUT2D eigenvalue weighted by Gasteiger charge is -2.27. The first-order chi connectivity index (χ1) is 12.3. The SMILES string of the molecule is CCN(CC)CCN(CC(C)C)C(=O)/C=C\c1c(C)nc2sc(C)cn12. The molecule has 0 atom stereocenters. The fraction of sp³-hybridized carbons (Fsp3) is 0.600. The minimum atomic E-state index is 0.0761. The van der Waals surface area contributed by atoms with Crippen molar-refractivity contribution in [2.75, 3.05) is 32.7 Å². The molecule has 0 radical (unpaired) electrons. The molecule has 2 aromatic rings.